The molecule has 2 aromatic heterocycles. The van der Waals surface area contributed by atoms with Gasteiger partial charge in [-0.05, 0) is 76.9 Å². The standard InChI is InChI=1S/C26H29N3O3S/c1-26(2,31-4)12-11-22-15-23-24(33-22)25(30)29(16-27-23)17-7-9-20(10-8-17)32-21-13-18-5-6-19(14-21)28(18)3/h7-10,15-16,18-19,21H,5-6,13-14H2,1-4H3/t18-,19+,21?. The summed E-state index contributed by atoms with van der Waals surface area (Å²) in [5.74, 6) is 7.05. The molecule has 3 atom stereocenters. The zero-order chi connectivity index (χ0) is 23.2. The quantitative estimate of drug-likeness (QED) is 0.542. The number of ether oxygens (including phenoxy) is 2. The van der Waals surface area contributed by atoms with Gasteiger partial charge in [-0.15, -0.1) is 11.3 Å². The lowest BCUT2D eigenvalue weighted by Crippen LogP contribution is -2.43. The summed E-state index contributed by atoms with van der Waals surface area (Å²) < 4.78 is 13.8. The number of rotatable bonds is 4. The second-order valence-electron chi connectivity index (χ2n) is 9.46. The van der Waals surface area contributed by atoms with Crippen molar-refractivity contribution in [1.29, 1.82) is 0 Å². The molecule has 33 heavy (non-hydrogen) atoms. The average molecular weight is 464 g/mol. The van der Waals surface area contributed by atoms with Crippen LogP contribution in [-0.2, 0) is 4.74 Å². The maximum Gasteiger partial charge on any atom is 0.275 e. The molecular weight excluding hydrogens is 434 g/mol. The third kappa shape index (κ3) is 4.43. The third-order valence-corrected chi connectivity index (χ3v) is 7.94. The first kappa shape index (κ1) is 22.1. The van der Waals surface area contributed by atoms with E-state index in [9.17, 15) is 4.79 Å². The van der Waals surface area contributed by atoms with Crippen LogP contribution in [0.15, 0.2) is 41.5 Å². The highest BCUT2D eigenvalue weighted by molar-refractivity contribution is 7.19. The monoisotopic (exact) mass is 463 g/mol. The molecule has 0 N–H and O–H groups in total. The van der Waals surface area contributed by atoms with Crippen molar-refractivity contribution >= 4 is 21.6 Å². The number of benzene rings is 1. The van der Waals surface area contributed by atoms with Crippen molar-refractivity contribution in [2.75, 3.05) is 14.2 Å². The van der Waals surface area contributed by atoms with Gasteiger partial charge >= 0.3 is 0 Å². The fourth-order valence-electron chi connectivity index (χ4n) is 4.76. The third-order valence-electron chi connectivity index (χ3n) is 6.91. The number of methoxy groups -OCH3 is 1. The van der Waals surface area contributed by atoms with Gasteiger partial charge < -0.3 is 14.4 Å². The number of thiophene rings is 1. The summed E-state index contributed by atoms with van der Waals surface area (Å²) in [4.78, 5) is 20.9. The zero-order valence-electron chi connectivity index (χ0n) is 19.5. The van der Waals surface area contributed by atoms with E-state index in [1.54, 1.807) is 18.0 Å². The van der Waals surface area contributed by atoms with Crippen LogP contribution < -0.4 is 10.3 Å². The average Bonchev–Trinajstić information content (AvgIpc) is 3.30. The van der Waals surface area contributed by atoms with Gasteiger partial charge in [0.25, 0.3) is 5.56 Å². The van der Waals surface area contributed by atoms with Crippen LogP contribution in [0.5, 0.6) is 5.75 Å². The Bertz CT molecular complexity index is 1270. The molecule has 172 valence electrons. The van der Waals surface area contributed by atoms with Crippen LogP contribution in [0.2, 0.25) is 0 Å². The highest BCUT2D eigenvalue weighted by Crippen LogP contribution is 2.36. The first-order valence-corrected chi connectivity index (χ1v) is 12.2. The van der Waals surface area contributed by atoms with E-state index in [2.05, 4.69) is 28.8 Å². The molecule has 2 fully saturated rings. The number of aromatic nitrogens is 2. The van der Waals surface area contributed by atoms with E-state index < -0.39 is 5.60 Å². The largest absolute Gasteiger partial charge is 0.490 e. The van der Waals surface area contributed by atoms with Gasteiger partial charge in [-0.1, -0.05) is 11.8 Å². The Kier molecular flexibility index (Phi) is 5.77. The molecule has 7 heteroatoms. The number of fused-ring (bicyclic) bond motifs is 3. The molecule has 2 aliphatic rings. The molecule has 2 bridgehead atoms. The highest BCUT2D eigenvalue weighted by Gasteiger charge is 2.39. The van der Waals surface area contributed by atoms with E-state index in [4.69, 9.17) is 9.47 Å². The van der Waals surface area contributed by atoms with Crippen molar-refractivity contribution in [3.8, 4) is 23.3 Å². The van der Waals surface area contributed by atoms with E-state index in [0.29, 0.717) is 22.3 Å². The lowest BCUT2D eigenvalue weighted by Gasteiger charge is -2.36. The predicted molar refractivity (Wildman–Crippen MR) is 131 cm³/mol. The molecule has 0 saturated carbocycles. The first-order valence-electron chi connectivity index (χ1n) is 11.4. The maximum absolute atomic E-state index is 13.1. The van der Waals surface area contributed by atoms with Crippen molar-refractivity contribution in [1.82, 2.24) is 14.5 Å². The van der Waals surface area contributed by atoms with Crippen LogP contribution >= 0.6 is 11.3 Å². The van der Waals surface area contributed by atoms with E-state index in [1.165, 1.54) is 24.2 Å². The first-order chi connectivity index (χ1) is 15.8. The van der Waals surface area contributed by atoms with Crippen LogP contribution in [0.1, 0.15) is 44.4 Å². The Morgan fingerprint density at radius 3 is 2.52 bits per heavy atom. The number of nitrogens with zero attached hydrogens (tertiary/aromatic N) is 3. The second kappa shape index (κ2) is 8.60. The molecule has 2 aliphatic heterocycles. The molecule has 1 aromatic carbocycles. The van der Waals surface area contributed by atoms with Gasteiger partial charge in [-0.3, -0.25) is 9.36 Å². The topological polar surface area (TPSA) is 56.6 Å². The Balaban J connectivity index is 1.35. The molecule has 3 aromatic rings. The Labute approximate surface area is 198 Å². The van der Waals surface area contributed by atoms with Gasteiger partial charge in [0, 0.05) is 19.2 Å². The molecule has 0 aliphatic carbocycles. The van der Waals surface area contributed by atoms with Crippen molar-refractivity contribution in [3.63, 3.8) is 0 Å². The van der Waals surface area contributed by atoms with Gasteiger partial charge in [-0.25, -0.2) is 4.98 Å². The molecule has 0 amide bonds. The number of hydrogen-bond donors (Lipinski definition) is 0. The summed E-state index contributed by atoms with van der Waals surface area (Å²) in [5.41, 5.74) is 0.801. The summed E-state index contributed by atoms with van der Waals surface area (Å²) in [6.45, 7) is 3.81. The Hall–Kier alpha value is -2.66. The molecule has 1 unspecified atom stereocenters. The van der Waals surface area contributed by atoms with Gasteiger partial charge in [-0.2, -0.15) is 0 Å². The van der Waals surface area contributed by atoms with Crippen molar-refractivity contribution in [2.24, 2.45) is 0 Å². The molecule has 0 spiro atoms. The fraction of sp³-hybridized carbons (Fsp3) is 0.462. The van der Waals surface area contributed by atoms with E-state index >= 15 is 0 Å². The zero-order valence-corrected chi connectivity index (χ0v) is 20.3. The summed E-state index contributed by atoms with van der Waals surface area (Å²) in [7, 11) is 3.87. The minimum absolute atomic E-state index is 0.0930. The highest BCUT2D eigenvalue weighted by atomic mass is 32.1. The van der Waals surface area contributed by atoms with Gasteiger partial charge in [0.2, 0.25) is 0 Å². The molecular formula is C26H29N3O3S. The van der Waals surface area contributed by atoms with Crippen molar-refractivity contribution < 1.29 is 9.47 Å². The van der Waals surface area contributed by atoms with Gasteiger partial charge in [0.05, 0.1) is 16.1 Å². The molecule has 2 saturated heterocycles. The van der Waals surface area contributed by atoms with Crippen LogP contribution in [0.4, 0.5) is 0 Å². The minimum atomic E-state index is -0.541. The SMILES string of the molecule is COC(C)(C)C#Cc1cc2ncn(-c3ccc(OC4C[C@H]5CC[C@@H](C4)N5C)cc3)c(=O)c2s1. The number of hydrogen-bond acceptors (Lipinski definition) is 6. The van der Waals surface area contributed by atoms with Crippen LogP contribution in [0.25, 0.3) is 15.9 Å². The summed E-state index contributed by atoms with van der Waals surface area (Å²) >= 11 is 1.36. The van der Waals surface area contributed by atoms with E-state index in [-0.39, 0.29) is 11.7 Å². The lowest BCUT2D eigenvalue weighted by atomic mass is 10.0. The van der Waals surface area contributed by atoms with Gasteiger partial charge in [0.1, 0.15) is 28.5 Å². The van der Waals surface area contributed by atoms with Crippen LogP contribution in [0.3, 0.4) is 0 Å². The lowest BCUT2D eigenvalue weighted by molar-refractivity contribution is 0.0661. The predicted octanol–water partition coefficient (Wildman–Crippen LogP) is 4.23. The molecule has 6 nitrogen and oxygen atoms in total. The normalized spacial score (nSPS) is 22.8. The second-order valence-corrected chi connectivity index (χ2v) is 10.5. The fourth-order valence-corrected chi connectivity index (χ4v) is 5.65. The number of piperidine rings is 1. The minimum Gasteiger partial charge on any atom is -0.490 e. The molecule has 0 radical (unpaired) electrons. The molecule has 4 heterocycles. The van der Waals surface area contributed by atoms with Crippen molar-refractivity contribution in [3.05, 3.63) is 51.9 Å². The summed E-state index contributed by atoms with van der Waals surface area (Å²) in [6, 6.07) is 10.9. The summed E-state index contributed by atoms with van der Waals surface area (Å²) in [5, 5.41) is 0. The maximum atomic E-state index is 13.1. The van der Waals surface area contributed by atoms with Crippen molar-refractivity contribution in [2.45, 2.75) is 63.3 Å². The summed E-state index contributed by atoms with van der Waals surface area (Å²) in [6.07, 6.45) is 6.56. The Morgan fingerprint density at radius 2 is 1.85 bits per heavy atom. The van der Waals surface area contributed by atoms with E-state index in [1.807, 2.05) is 44.2 Å². The van der Waals surface area contributed by atoms with Crippen LogP contribution in [0, 0.1) is 11.8 Å². The van der Waals surface area contributed by atoms with Gasteiger partial charge in [0.15, 0.2) is 0 Å². The smallest absolute Gasteiger partial charge is 0.275 e. The van der Waals surface area contributed by atoms with E-state index in [0.717, 1.165) is 29.2 Å². The Morgan fingerprint density at radius 1 is 1.15 bits per heavy atom. The molecule has 5 rings (SSSR count). The van der Waals surface area contributed by atoms with Crippen LogP contribution in [-0.4, -0.2) is 52.4 Å².